The van der Waals surface area contributed by atoms with Crippen LogP contribution in [0.25, 0.3) is 0 Å². The predicted molar refractivity (Wildman–Crippen MR) is 137 cm³/mol. The van der Waals surface area contributed by atoms with Crippen molar-refractivity contribution in [3.63, 3.8) is 0 Å². The lowest BCUT2D eigenvalue weighted by atomic mass is 9.70. The fourth-order valence-electron chi connectivity index (χ4n) is 6.52. The van der Waals surface area contributed by atoms with Gasteiger partial charge in [-0.15, -0.1) is 0 Å². The van der Waals surface area contributed by atoms with Gasteiger partial charge in [0.25, 0.3) is 5.91 Å². The Morgan fingerprint density at radius 3 is 2.67 bits per heavy atom. The van der Waals surface area contributed by atoms with Gasteiger partial charge in [0.1, 0.15) is 30.0 Å². The summed E-state index contributed by atoms with van der Waals surface area (Å²) in [5.74, 6) is -7.26. The van der Waals surface area contributed by atoms with Crippen LogP contribution in [-0.2, 0) is 27.8 Å². The number of benzene rings is 1. The first kappa shape index (κ1) is 28.7. The number of nitrogens with zero attached hydrogens (tertiary/aromatic N) is 2. The van der Waals surface area contributed by atoms with Crippen LogP contribution >= 0.6 is 0 Å². The van der Waals surface area contributed by atoms with Crippen LogP contribution in [0.2, 0.25) is 0 Å². The van der Waals surface area contributed by atoms with Crippen LogP contribution in [0.3, 0.4) is 0 Å². The predicted octanol–water partition coefficient (Wildman–Crippen LogP) is 4.54. The Morgan fingerprint density at radius 1 is 1.19 bits per heavy atom. The number of anilines is 1. The van der Waals surface area contributed by atoms with Crippen molar-refractivity contribution in [3.05, 3.63) is 82.2 Å². The molecule has 14 heteroatoms. The number of amides is 3. The Morgan fingerprint density at radius 2 is 1.93 bits per heavy atom. The molecule has 43 heavy (non-hydrogen) atoms. The Balaban J connectivity index is 1.28. The van der Waals surface area contributed by atoms with Crippen molar-refractivity contribution < 1.29 is 45.1 Å². The number of fused-ring (bicyclic) bond motifs is 3. The summed E-state index contributed by atoms with van der Waals surface area (Å²) in [7, 11) is 0. The van der Waals surface area contributed by atoms with E-state index in [1.54, 1.807) is 18.3 Å². The van der Waals surface area contributed by atoms with Crippen molar-refractivity contribution >= 4 is 23.5 Å². The normalized spacial score (nSPS) is 25.0. The summed E-state index contributed by atoms with van der Waals surface area (Å²) < 4.78 is 89.5. The van der Waals surface area contributed by atoms with Crippen LogP contribution in [0.5, 0.6) is 0 Å². The maximum Gasteiger partial charge on any atom is 0.406 e. The fraction of sp³-hybridized carbons (Fsp3) is 0.379. The standard InChI is InChI=1S/C29H24F6N4O4/c1-13-15(22-17(30)4-5-18(31)23(22)32)10-19(26(41)39(13)12-29(33,34)35)37-25(40)21-9-14-11-28(7-6-20(14)43-21)16-3-2-8-36-24(16)38-27(28)42/h2-5,8-9,13,15,19H,6-7,10-12H2,1H3,(H,37,40)(H,36,38,42)/t13-,15-,19+,28+/m0/s1. The van der Waals surface area contributed by atoms with Gasteiger partial charge >= 0.3 is 6.18 Å². The molecule has 4 heterocycles. The first-order chi connectivity index (χ1) is 20.3. The van der Waals surface area contributed by atoms with Crippen LogP contribution < -0.4 is 10.6 Å². The van der Waals surface area contributed by atoms with Crippen molar-refractivity contribution in [3.8, 4) is 0 Å². The molecule has 0 unspecified atom stereocenters. The first-order valence-corrected chi connectivity index (χ1v) is 13.5. The topological polar surface area (TPSA) is 105 Å². The zero-order chi connectivity index (χ0) is 30.8. The van der Waals surface area contributed by atoms with Gasteiger partial charge in [-0.3, -0.25) is 14.4 Å². The minimum absolute atomic E-state index is 0.197. The van der Waals surface area contributed by atoms with E-state index in [4.69, 9.17) is 4.42 Å². The van der Waals surface area contributed by atoms with E-state index in [1.807, 2.05) is 0 Å². The van der Waals surface area contributed by atoms with E-state index in [9.17, 15) is 40.7 Å². The fourth-order valence-corrected chi connectivity index (χ4v) is 6.52. The first-order valence-electron chi connectivity index (χ1n) is 13.5. The molecule has 226 valence electrons. The highest BCUT2D eigenvalue weighted by molar-refractivity contribution is 6.05. The van der Waals surface area contributed by atoms with E-state index < -0.39 is 77.4 Å². The Labute approximate surface area is 240 Å². The van der Waals surface area contributed by atoms with Gasteiger partial charge in [0.05, 0.1) is 5.41 Å². The molecular weight excluding hydrogens is 582 g/mol. The molecule has 3 aromatic rings. The van der Waals surface area contributed by atoms with Crippen LogP contribution in [0.15, 0.2) is 40.9 Å². The molecule has 0 radical (unpaired) electrons. The molecule has 2 aromatic heterocycles. The van der Waals surface area contributed by atoms with Crippen molar-refractivity contribution in [2.24, 2.45) is 0 Å². The van der Waals surface area contributed by atoms with E-state index in [0.29, 0.717) is 52.6 Å². The highest BCUT2D eigenvalue weighted by Gasteiger charge is 2.50. The highest BCUT2D eigenvalue weighted by Crippen LogP contribution is 2.46. The third kappa shape index (κ3) is 4.82. The van der Waals surface area contributed by atoms with Gasteiger partial charge in [0.15, 0.2) is 17.4 Å². The largest absolute Gasteiger partial charge is 0.456 e. The van der Waals surface area contributed by atoms with Gasteiger partial charge in [0, 0.05) is 35.7 Å². The number of furan rings is 1. The molecule has 8 nitrogen and oxygen atoms in total. The Kier molecular flexibility index (Phi) is 6.77. The number of halogens is 6. The molecule has 6 rings (SSSR count). The molecule has 1 saturated heterocycles. The second-order valence-corrected chi connectivity index (χ2v) is 11.1. The average Bonchev–Trinajstić information content (AvgIpc) is 3.49. The summed E-state index contributed by atoms with van der Waals surface area (Å²) in [6, 6.07) is 3.09. The number of carbonyl (C=O) groups is 3. The van der Waals surface area contributed by atoms with Crippen molar-refractivity contribution in [1.82, 2.24) is 15.2 Å². The number of carbonyl (C=O) groups excluding carboxylic acids is 3. The number of nitrogens with one attached hydrogen (secondary N) is 2. The average molecular weight is 607 g/mol. The highest BCUT2D eigenvalue weighted by atomic mass is 19.4. The van der Waals surface area contributed by atoms with E-state index in [1.165, 1.54) is 13.0 Å². The van der Waals surface area contributed by atoms with Crippen molar-refractivity contribution in [2.75, 3.05) is 11.9 Å². The minimum atomic E-state index is -4.86. The smallest absolute Gasteiger partial charge is 0.406 e. The minimum Gasteiger partial charge on any atom is -0.456 e. The van der Waals surface area contributed by atoms with Crippen LogP contribution in [-0.4, -0.2) is 52.4 Å². The molecule has 1 aromatic carbocycles. The second kappa shape index (κ2) is 10.1. The van der Waals surface area contributed by atoms with Gasteiger partial charge < -0.3 is 20.0 Å². The van der Waals surface area contributed by atoms with E-state index in [-0.39, 0.29) is 18.1 Å². The number of aromatic nitrogens is 1. The molecule has 3 aliphatic rings. The SMILES string of the molecule is C[C@H]1[C@@H](c2c(F)ccc(F)c2F)C[C@@H](NC(=O)c2cc3c(o2)CC[C@]2(C3)C(=O)Nc3ncccc32)C(=O)N1CC(F)(F)F. The number of hydrogen-bond acceptors (Lipinski definition) is 5. The zero-order valence-corrected chi connectivity index (χ0v) is 22.5. The number of alkyl halides is 3. The quantitative estimate of drug-likeness (QED) is 0.336. The number of hydrogen-bond donors (Lipinski definition) is 2. The summed E-state index contributed by atoms with van der Waals surface area (Å²) in [6.45, 7) is -0.566. The third-order valence-electron chi connectivity index (χ3n) is 8.63. The van der Waals surface area contributed by atoms with Gasteiger partial charge in [-0.05, 0) is 56.0 Å². The summed E-state index contributed by atoms with van der Waals surface area (Å²) in [5.41, 5.74) is -0.455. The lowest BCUT2D eigenvalue weighted by Gasteiger charge is -2.43. The van der Waals surface area contributed by atoms with Gasteiger partial charge in [0.2, 0.25) is 11.8 Å². The molecule has 2 N–H and O–H groups in total. The second-order valence-electron chi connectivity index (χ2n) is 11.1. The van der Waals surface area contributed by atoms with Gasteiger partial charge in [-0.2, -0.15) is 13.2 Å². The Bertz CT molecular complexity index is 1660. The molecule has 1 spiro atoms. The van der Waals surface area contributed by atoms with E-state index >= 15 is 0 Å². The summed E-state index contributed by atoms with van der Waals surface area (Å²) in [4.78, 5) is 44.0. The number of aryl methyl sites for hydroxylation is 1. The van der Waals surface area contributed by atoms with Gasteiger partial charge in [-0.1, -0.05) is 6.07 Å². The monoisotopic (exact) mass is 606 g/mol. The maximum atomic E-state index is 14.7. The molecule has 1 fully saturated rings. The molecule has 1 aliphatic carbocycles. The summed E-state index contributed by atoms with van der Waals surface area (Å²) >= 11 is 0. The van der Waals surface area contributed by atoms with Crippen LogP contribution in [0.1, 0.15) is 58.7 Å². The Hall–Kier alpha value is -4.36. The van der Waals surface area contributed by atoms with E-state index in [0.717, 1.165) is 0 Å². The summed E-state index contributed by atoms with van der Waals surface area (Å²) in [5, 5.41) is 5.12. The van der Waals surface area contributed by atoms with Crippen molar-refractivity contribution in [2.45, 2.75) is 62.2 Å². The van der Waals surface area contributed by atoms with Crippen LogP contribution in [0.4, 0.5) is 32.2 Å². The lowest BCUT2D eigenvalue weighted by molar-refractivity contribution is -0.170. The zero-order valence-electron chi connectivity index (χ0n) is 22.5. The summed E-state index contributed by atoms with van der Waals surface area (Å²) in [6.07, 6.45) is -2.94. The number of rotatable bonds is 4. The van der Waals surface area contributed by atoms with E-state index in [2.05, 4.69) is 15.6 Å². The number of piperidine rings is 1. The van der Waals surface area contributed by atoms with Crippen molar-refractivity contribution in [1.29, 1.82) is 0 Å². The molecule has 3 amide bonds. The molecular formula is C29H24F6N4O4. The molecule has 4 atom stereocenters. The number of pyridine rings is 1. The maximum absolute atomic E-state index is 14.7. The third-order valence-corrected chi connectivity index (χ3v) is 8.63. The molecule has 2 aliphatic heterocycles. The van der Waals surface area contributed by atoms with Crippen LogP contribution in [0, 0.1) is 17.5 Å². The molecule has 0 saturated carbocycles. The lowest BCUT2D eigenvalue weighted by Crippen LogP contribution is -2.59. The van der Waals surface area contributed by atoms with Gasteiger partial charge in [-0.25, -0.2) is 18.2 Å². The number of likely N-dealkylation sites (tertiary alicyclic amines) is 1. The molecule has 0 bridgehead atoms.